The van der Waals surface area contributed by atoms with E-state index in [4.69, 9.17) is 0 Å². The number of amides is 3. The molecular weight excluding hydrogens is 404 g/mol. The summed E-state index contributed by atoms with van der Waals surface area (Å²) in [6, 6.07) is 11.1. The number of aromatic nitrogens is 1. The average molecular weight is 433 g/mol. The molecule has 0 radical (unpaired) electrons. The van der Waals surface area contributed by atoms with Crippen molar-refractivity contribution in [1.82, 2.24) is 14.8 Å². The third-order valence-electron chi connectivity index (χ3n) is 7.17. The molecule has 3 aliphatic heterocycles. The van der Waals surface area contributed by atoms with Crippen molar-refractivity contribution in [2.24, 2.45) is 0 Å². The zero-order chi connectivity index (χ0) is 22.1. The molecule has 4 heterocycles. The van der Waals surface area contributed by atoms with Crippen LogP contribution in [0, 0.1) is 0 Å². The van der Waals surface area contributed by atoms with Gasteiger partial charge < -0.3 is 15.1 Å². The number of pyridine rings is 1. The van der Waals surface area contributed by atoms with E-state index >= 15 is 0 Å². The highest BCUT2D eigenvalue weighted by molar-refractivity contribution is 6.07. The van der Waals surface area contributed by atoms with Crippen molar-refractivity contribution in [3.05, 3.63) is 59.9 Å². The minimum absolute atomic E-state index is 0.0232. The molecule has 166 valence electrons. The molecule has 1 spiro atoms. The fourth-order valence-electron chi connectivity index (χ4n) is 5.61. The van der Waals surface area contributed by atoms with Crippen molar-refractivity contribution in [3.8, 4) is 0 Å². The van der Waals surface area contributed by atoms with Gasteiger partial charge in [0.15, 0.2) is 0 Å². The first kappa shape index (κ1) is 20.7. The minimum Gasteiger partial charge on any atom is -0.342 e. The Kier molecular flexibility index (Phi) is 5.41. The van der Waals surface area contributed by atoms with Crippen LogP contribution in [-0.2, 0) is 19.8 Å². The molecule has 1 aromatic heterocycles. The summed E-state index contributed by atoms with van der Waals surface area (Å²) in [6.45, 7) is 1.65. The van der Waals surface area contributed by atoms with Crippen LogP contribution in [-0.4, -0.2) is 52.1 Å². The van der Waals surface area contributed by atoms with Crippen LogP contribution in [0.15, 0.2) is 48.8 Å². The molecular formula is C25H28N4O3. The van der Waals surface area contributed by atoms with Gasteiger partial charge in [-0.2, -0.15) is 0 Å². The van der Waals surface area contributed by atoms with Crippen molar-refractivity contribution in [3.63, 3.8) is 0 Å². The predicted octanol–water partition coefficient (Wildman–Crippen LogP) is 3.04. The third kappa shape index (κ3) is 3.36. The van der Waals surface area contributed by atoms with Crippen molar-refractivity contribution in [2.75, 3.05) is 25.0 Å². The summed E-state index contributed by atoms with van der Waals surface area (Å²) in [7, 11) is 0. The zero-order valence-corrected chi connectivity index (χ0v) is 18.1. The van der Waals surface area contributed by atoms with Crippen LogP contribution in [0.25, 0.3) is 0 Å². The Morgan fingerprint density at radius 3 is 2.81 bits per heavy atom. The number of nitrogens with one attached hydrogen (secondary N) is 1. The van der Waals surface area contributed by atoms with Gasteiger partial charge in [0.1, 0.15) is 5.41 Å². The van der Waals surface area contributed by atoms with E-state index in [1.807, 2.05) is 46.2 Å². The van der Waals surface area contributed by atoms with Crippen LogP contribution in [0.2, 0.25) is 0 Å². The van der Waals surface area contributed by atoms with E-state index in [0.29, 0.717) is 25.9 Å². The van der Waals surface area contributed by atoms with Crippen LogP contribution in [0.5, 0.6) is 0 Å². The minimum atomic E-state index is -0.826. The van der Waals surface area contributed by atoms with Crippen LogP contribution in [0.4, 0.5) is 5.69 Å². The summed E-state index contributed by atoms with van der Waals surface area (Å²) >= 11 is 0. The van der Waals surface area contributed by atoms with E-state index < -0.39 is 11.5 Å². The highest BCUT2D eigenvalue weighted by Gasteiger charge is 2.59. The van der Waals surface area contributed by atoms with E-state index in [0.717, 1.165) is 42.6 Å². The highest BCUT2D eigenvalue weighted by atomic mass is 16.2. The van der Waals surface area contributed by atoms with Gasteiger partial charge in [-0.15, -0.1) is 0 Å². The molecule has 0 saturated carbocycles. The van der Waals surface area contributed by atoms with Crippen LogP contribution in [0.1, 0.15) is 55.7 Å². The molecule has 0 bridgehead atoms. The maximum Gasteiger partial charge on any atom is 0.237 e. The number of carbonyl (C=O) groups is 3. The van der Waals surface area contributed by atoms with Gasteiger partial charge in [0, 0.05) is 50.6 Å². The summed E-state index contributed by atoms with van der Waals surface area (Å²) in [5.41, 5.74) is 1.79. The van der Waals surface area contributed by atoms with Crippen LogP contribution >= 0.6 is 0 Å². The smallest absolute Gasteiger partial charge is 0.237 e. The van der Waals surface area contributed by atoms with E-state index in [1.165, 1.54) is 0 Å². The maximum atomic E-state index is 13.5. The lowest BCUT2D eigenvalue weighted by atomic mass is 9.73. The molecule has 1 N–H and O–H groups in total. The zero-order valence-electron chi connectivity index (χ0n) is 18.1. The molecule has 2 atom stereocenters. The number of anilines is 1. The molecule has 5 rings (SSSR count). The van der Waals surface area contributed by atoms with Gasteiger partial charge in [-0.05, 0) is 42.5 Å². The van der Waals surface area contributed by atoms with Crippen LogP contribution in [0.3, 0.4) is 0 Å². The Balaban J connectivity index is 1.45. The van der Waals surface area contributed by atoms with E-state index in [-0.39, 0.29) is 24.1 Å². The van der Waals surface area contributed by atoms with Crippen molar-refractivity contribution < 1.29 is 14.4 Å². The predicted molar refractivity (Wildman–Crippen MR) is 120 cm³/mol. The number of carbonyl (C=O) groups excluding carboxylic acids is 3. The number of nitrogens with zero attached hydrogens (tertiary/aromatic N) is 3. The number of fused-ring (bicyclic) bond motifs is 2. The summed E-state index contributed by atoms with van der Waals surface area (Å²) in [5.74, 6) is 0.0524. The van der Waals surface area contributed by atoms with Gasteiger partial charge in [-0.25, -0.2) is 0 Å². The van der Waals surface area contributed by atoms with Gasteiger partial charge in [-0.3, -0.25) is 19.4 Å². The summed E-state index contributed by atoms with van der Waals surface area (Å²) in [4.78, 5) is 47.1. The largest absolute Gasteiger partial charge is 0.342 e. The van der Waals surface area contributed by atoms with E-state index in [2.05, 4.69) is 10.3 Å². The Morgan fingerprint density at radius 1 is 1.09 bits per heavy atom. The normalized spacial score (nSPS) is 25.1. The Labute approximate surface area is 187 Å². The molecule has 7 heteroatoms. The molecule has 7 nitrogen and oxygen atoms in total. The fraction of sp³-hybridized carbons (Fsp3) is 0.440. The van der Waals surface area contributed by atoms with Gasteiger partial charge in [0.25, 0.3) is 0 Å². The van der Waals surface area contributed by atoms with Gasteiger partial charge in [0.05, 0.1) is 6.04 Å². The monoisotopic (exact) mass is 432 g/mol. The topological polar surface area (TPSA) is 82.6 Å². The molecule has 32 heavy (non-hydrogen) atoms. The molecule has 1 aromatic carbocycles. The van der Waals surface area contributed by atoms with Crippen molar-refractivity contribution in [1.29, 1.82) is 0 Å². The second-order valence-corrected chi connectivity index (χ2v) is 8.94. The van der Waals surface area contributed by atoms with E-state index in [9.17, 15) is 14.4 Å². The second kappa shape index (κ2) is 8.37. The highest BCUT2D eigenvalue weighted by Crippen LogP contribution is 2.54. The Bertz CT molecular complexity index is 1040. The average Bonchev–Trinajstić information content (AvgIpc) is 3.27. The molecule has 2 aromatic rings. The standard InChI is InChI=1S/C25H28N4O3/c30-21-10-2-1-5-14-28(21)15-11-22(31)29-16-12-25(23(29)18-7-6-13-26-17-18)19-8-3-4-9-20(19)27-24(25)32/h3-4,6-9,13,17,23H,1-2,5,10-12,14-16H2,(H,27,32). The Morgan fingerprint density at radius 2 is 1.97 bits per heavy atom. The lowest BCUT2D eigenvalue weighted by molar-refractivity contribution is -0.135. The number of rotatable bonds is 4. The number of benzene rings is 1. The van der Waals surface area contributed by atoms with Gasteiger partial charge in [-0.1, -0.05) is 30.7 Å². The van der Waals surface area contributed by atoms with Gasteiger partial charge in [0.2, 0.25) is 17.7 Å². The third-order valence-corrected chi connectivity index (χ3v) is 7.17. The first-order chi connectivity index (χ1) is 15.6. The number of hydrogen-bond donors (Lipinski definition) is 1. The van der Waals surface area contributed by atoms with Crippen molar-refractivity contribution >= 4 is 23.4 Å². The molecule has 0 aliphatic carbocycles. The lowest BCUT2D eigenvalue weighted by Gasteiger charge is -2.34. The molecule has 3 aliphatic rings. The number of para-hydroxylation sites is 1. The first-order valence-electron chi connectivity index (χ1n) is 11.5. The Hall–Kier alpha value is -3.22. The van der Waals surface area contributed by atoms with E-state index in [1.54, 1.807) is 12.4 Å². The summed E-state index contributed by atoms with van der Waals surface area (Å²) in [6.07, 6.45) is 7.82. The maximum absolute atomic E-state index is 13.5. The second-order valence-electron chi connectivity index (χ2n) is 8.94. The van der Waals surface area contributed by atoms with Gasteiger partial charge >= 0.3 is 0 Å². The number of likely N-dealkylation sites (tertiary alicyclic amines) is 2. The molecule has 3 amide bonds. The first-order valence-corrected chi connectivity index (χ1v) is 11.5. The van der Waals surface area contributed by atoms with Crippen LogP contribution < -0.4 is 5.32 Å². The quantitative estimate of drug-likeness (QED) is 0.805. The number of hydrogen-bond acceptors (Lipinski definition) is 4. The van der Waals surface area contributed by atoms with Crippen molar-refractivity contribution in [2.45, 2.75) is 50.0 Å². The summed E-state index contributed by atoms with van der Waals surface area (Å²) in [5, 5.41) is 3.04. The lowest BCUT2D eigenvalue weighted by Crippen LogP contribution is -2.43. The molecule has 2 unspecified atom stereocenters. The summed E-state index contributed by atoms with van der Waals surface area (Å²) < 4.78 is 0. The molecule has 2 fully saturated rings. The fourth-order valence-corrected chi connectivity index (χ4v) is 5.61. The molecule has 2 saturated heterocycles. The SMILES string of the molecule is O=C1CCCCCN1CCC(=O)N1CCC2(C(=O)Nc3ccccc32)C1c1cccnc1.